The molecule has 0 bridgehead atoms. The summed E-state index contributed by atoms with van der Waals surface area (Å²) in [6.45, 7) is 11.8. The fraction of sp³-hybridized carbons (Fsp3) is 0.583. The summed E-state index contributed by atoms with van der Waals surface area (Å²) in [6.07, 6.45) is 8.38. The molecule has 3 N–H and O–H groups in total. The van der Waals surface area contributed by atoms with Crippen LogP contribution in [0.2, 0.25) is 0 Å². The topological polar surface area (TPSA) is 108 Å². The van der Waals surface area contributed by atoms with Crippen LogP contribution in [0.4, 0.5) is 4.79 Å². The maximum absolute atomic E-state index is 14.7. The second-order valence-corrected chi connectivity index (χ2v) is 13.2. The summed E-state index contributed by atoms with van der Waals surface area (Å²) in [5, 5.41) is 16.0. The maximum Gasteiger partial charge on any atom is 0.408 e. The lowest BCUT2D eigenvalue weighted by molar-refractivity contribution is -0.143. The number of benzene rings is 2. The Morgan fingerprint density at radius 1 is 0.977 bits per heavy atom. The third kappa shape index (κ3) is 10.6. The lowest BCUT2D eigenvalue weighted by atomic mass is 9.92. The molecule has 8 nitrogen and oxygen atoms in total. The summed E-state index contributed by atoms with van der Waals surface area (Å²) in [6, 6.07) is 10.7. The minimum Gasteiger partial charge on any atom is -0.508 e. The van der Waals surface area contributed by atoms with Gasteiger partial charge in [-0.15, -0.1) is 0 Å². The molecule has 1 saturated carbocycles. The number of nitrogens with zero attached hydrogens (tertiary/aromatic N) is 1. The Labute approximate surface area is 263 Å². The largest absolute Gasteiger partial charge is 0.508 e. The number of aryl methyl sites for hydroxylation is 1. The van der Waals surface area contributed by atoms with Gasteiger partial charge in [-0.2, -0.15) is 0 Å². The molecule has 0 aliphatic heterocycles. The van der Waals surface area contributed by atoms with Crippen molar-refractivity contribution < 1.29 is 24.2 Å². The second-order valence-electron chi connectivity index (χ2n) is 13.2. The van der Waals surface area contributed by atoms with Crippen LogP contribution in [0.5, 0.6) is 5.75 Å². The number of ether oxygens (including phenoxy) is 1. The van der Waals surface area contributed by atoms with Gasteiger partial charge < -0.3 is 25.4 Å². The first-order valence-corrected chi connectivity index (χ1v) is 16.3. The number of hydrogen-bond donors (Lipinski definition) is 3. The monoisotopic (exact) mass is 607 g/mol. The van der Waals surface area contributed by atoms with Gasteiger partial charge in [0.05, 0.1) is 0 Å². The van der Waals surface area contributed by atoms with E-state index in [2.05, 4.69) is 17.6 Å². The van der Waals surface area contributed by atoms with Crippen LogP contribution in [-0.4, -0.2) is 52.1 Å². The van der Waals surface area contributed by atoms with Crippen LogP contribution in [0.25, 0.3) is 0 Å². The van der Waals surface area contributed by atoms with Crippen molar-refractivity contribution in [2.75, 3.05) is 6.54 Å². The molecule has 2 unspecified atom stereocenters. The average Bonchev–Trinajstić information content (AvgIpc) is 2.96. The highest BCUT2D eigenvalue weighted by Gasteiger charge is 2.37. The molecule has 0 saturated heterocycles. The SMILES string of the molecule is CCCCCCN(C(=O)C(Cc1ccc(O)cc1)NC(=O)OC(C)(C)C)C(C(=O)NC1CCCCC1)c1cccc(C)c1C. The molecule has 44 heavy (non-hydrogen) atoms. The number of phenols is 1. The van der Waals surface area contributed by atoms with Crippen molar-refractivity contribution in [3.05, 3.63) is 64.7 Å². The van der Waals surface area contributed by atoms with Crippen molar-refractivity contribution in [3.8, 4) is 5.75 Å². The molecule has 1 aliphatic rings. The smallest absolute Gasteiger partial charge is 0.408 e. The summed E-state index contributed by atoms with van der Waals surface area (Å²) in [5.74, 6) is -0.413. The van der Waals surface area contributed by atoms with Gasteiger partial charge in [0.1, 0.15) is 23.4 Å². The first-order chi connectivity index (χ1) is 20.9. The number of phenolic OH excluding ortho intramolecular Hbond substituents is 1. The lowest BCUT2D eigenvalue weighted by Crippen LogP contribution is -2.55. The Kier molecular flexibility index (Phi) is 13.1. The first-order valence-electron chi connectivity index (χ1n) is 16.3. The Morgan fingerprint density at radius 2 is 1.66 bits per heavy atom. The number of alkyl carbamates (subject to hydrolysis) is 1. The van der Waals surface area contributed by atoms with E-state index in [-0.39, 0.29) is 30.0 Å². The molecule has 1 aliphatic carbocycles. The fourth-order valence-electron chi connectivity index (χ4n) is 5.84. The van der Waals surface area contributed by atoms with E-state index in [0.29, 0.717) is 6.54 Å². The predicted octanol–water partition coefficient (Wildman–Crippen LogP) is 7.04. The van der Waals surface area contributed by atoms with Crippen molar-refractivity contribution >= 4 is 17.9 Å². The molecule has 242 valence electrons. The standard InChI is InChI=1S/C36H53N3O5/c1-7-8-9-13-23-39(32(30-18-14-15-25(2)26(30)3)33(41)37-28-16-11-10-12-17-28)34(42)31(38-35(43)44-36(4,5)6)24-27-19-21-29(40)22-20-27/h14-15,18-22,28,31-32,40H,7-13,16-17,23-24H2,1-6H3,(H,37,41)(H,38,43). The Balaban J connectivity index is 2.06. The van der Waals surface area contributed by atoms with Gasteiger partial charge in [0, 0.05) is 19.0 Å². The maximum atomic E-state index is 14.7. The number of hydrogen-bond acceptors (Lipinski definition) is 5. The molecule has 0 heterocycles. The van der Waals surface area contributed by atoms with E-state index in [9.17, 15) is 19.5 Å². The lowest BCUT2D eigenvalue weighted by Gasteiger charge is -2.36. The Morgan fingerprint density at radius 3 is 2.30 bits per heavy atom. The van der Waals surface area contributed by atoms with Crippen molar-refractivity contribution in [2.24, 2.45) is 0 Å². The van der Waals surface area contributed by atoms with Crippen LogP contribution in [0.15, 0.2) is 42.5 Å². The molecule has 3 amide bonds. The van der Waals surface area contributed by atoms with Gasteiger partial charge >= 0.3 is 6.09 Å². The van der Waals surface area contributed by atoms with Gasteiger partial charge in [-0.3, -0.25) is 9.59 Å². The fourth-order valence-corrected chi connectivity index (χ4v) is 5.84. The molecular weight excluding hydrogens is 554 g/mol. The summed E-state index contributed by atoms with van der Waals surface area (Å²) in [7, 11) is 0. The number of carbonyl (C=O) groups excluding carboxylic acids is 3. The van der Waals surface area contributed by atoms with E-state index < -0.39 is 23.8 Å². The van der Waals surface area contributed by atoms with Crippen molar-refractivity contribution in [1.29, 1.82) is 0 Å². The van der Waals surface area contributed by atoms with E-state index >= 15 is 0 Å². The van der Waals surface area contributed by atoms with Crippen LogP contribution in [-0.2, 0) is 20.7 Å². The molecule has 0 spiro atoms. The van der Waals surface area contributed by atoms with Crippen LogP contribution >= 0.6 is 0 Å². The quantitative estimate of drug-likeness (QED) is 0.212. The molecule has 8 heteroatoms. The van der Waals surface area contributed by atoms with E-state index in [4.69, 9.17) is 4.74 Å². The summed E-state index contributed by atoms with van der Waals surface area (Å²) in [4.78, 5) is 43.7. The van der Waals surface area contributed by atoms with E-state index in [1.165, 1.54) is 6.42 Å². The van der Waals surface area contributed by atoms with Crippen molar-refractivity contribution in [3.63, 3.8) is 0 Å². The number of amides is 3. The van der Waals surface area contributed by atoms with Crippen LogP contribution < -0.4 is 10.6 Å². The second kappa shape index (κ2) is 16.5. The van der Waals surface area contributed by atoms with Gasteiger partial charge in [0.15, 0.2) is 0 Å². The van der Waals surface area contributed by atoms with Gasteiger partial charge in [-0.25, -0.2) is 4.79 Å². The summed E-state index contributed by atoms with van der Waals surface area (Å²) < 4.78 is 5.56. The normalized spacial score (nSPS) is 15.2. The highest BCUT2D eigenvalue weighted by Crippen LogP contribution is 2.29. The average molecular weight is 608 g/mol. The molecule has 0 aromatic heterocycles. The third-order valence-electron chi connectivity index (χ3n) is 8.35. The van der Waals surface area contributed by atoms with Gasteiger partial charge in [0.2, 0.25) is 11.8 Å². The molecule has 1 fully saturated rings. The number of unbranched alkanes of at least 4 members (excludes halogenated alkanes) is 3. The van der Waals surface area contributed by atoms with Gasteiger partial charge in [0.25, 0.3) is 0 Å². The zero-order valence-corrected chi connectivity index (χ0v) is 27.6. The molecule has 2 aromatic rings. The molecule has 2 atom stereocenters. The zero-order valence-electron chi connectivity index (χ0n) is 27.6. The van der Waals surface area contributed by atoms with E-state index in [1.807, 2.05) is 32.0 Å². The predicted molar refractivity (Wildman–Crippen MR) is 174 cm³/mol. The molecule has 3 rings (SSSR count). The minimum absolute atomic E-state index is 0.0774. The molecular formula is C36H53N3O5. The number of carbonyl (C=O) groups is 3. The first kappa shape index (κ1) is 34.9. The summed E-state index contributed by atoms with van der Waals surface area (Å²) >= 11 is 0. The van der Waals surface area contributed by atoms with Crippen LogP contribution in [0, 0.1) is 13.8 Å². The van der Waals surface area contributed by atoms with Crippen molar-refractivity contribution in [1.82, 2.24) is 15.5 Å². The number of rotatable bonds is 13. The highest BCUT2D eigenvalue weighted by molar-refractivity contribution is 5.92. The molecule has 2 aromatic carbocycles. The van der Waals surface area contributed by atoms with Gasteiger partial charge in [-0.1, -0.05) is 75.8 Å². The molecule has 0 radical (unpaired) electrons. The number of nitrogens with one attached hydrogen (secondary N) is 2. The Hall–Kier alpha value is -3.55. The van der Waals surface area contributed by atoms with Crippen LogP contribution in [0.1, 0.15) is 114 Å². The van der Waals surface area contributed by atoms with Gasteiger partial charge in [-0.05, 0) is 88.3 Å². The minimum atomic E-state index is -0.990. The highest BCUT2D eigenvalue weighted by atomic mass is 16.6. The van der Waals surface area contributed by atoms with E-state index in [0.717, 1.165) is 73.6 Å². The Bertz CT molecular complexity index is 1230. The summed E-state index contributed by atoms with van der Waals surface area (Å²) in [5.41, 5.74) is 2.82. The number of aromatic hydroxyl groups is 1. The van der Waals surface area contributed by atoms with Crippen molar-refractivity contribution in [2.45, 2.75) is 129 Å². The third-order valence-corrected chi connectivity index (χ3v) is 8.35. The van der Waals surface area contributed by atoms with Crippen LogP contribution in [0.3, 0.4) is 0 Å². The zero-order chi connectivity index (χ0) is 32.3. The van der Waals surface area contributed by atoms with E-state index in [1.54, 1.807) is 49.9 Å².